The van der Waals surface area contributed by atoms with Crippen LogP contribution in [0.5, 0.6) is 5.75 Å². The van der Waals surface area contributed by atoms with Gasteiger partial charge in [0.1, 0.15) is 11.8 Å². The number of imide groups is 1. The quantitative estimate of drug-likeness (QED) is 0.267. The molecule has 1 fully saturated rings. The highest BCUT2D eigenvalue weighted by molar-refractivity contribution is 6.30. The van der Waals surface area contributed by atoms with E-state index in [4.69, 9.17) is 16.3 Å². The average molecular weight is 505 g/mol. The number of amides is 3. The molecule has 1 aliphatic heterocycles. The summed E-state index contributed by atoms with van der Waals surface area (Å²) in [6.45, 7) is 3.44. The van der Waals surface area contributed by atoms with Gasteiger partial charge in [-0.15, -0.1) is 0 Å². The first-order chi connectivity index (χ1) is 17.2. The third-order valence-electron chi connectivity index (χ3n) is 5.95. The van der Waals surface area contributed by atoms with Gasteiger partial charge in [-0.3, -0.25) is 19.2 Å². The molecule has 3 amide bonds. The van der Waals surface area contributed by atoms with Gasteiger partial charge in [-0.05, 0) is 67.4 Å². The number of hydrogen-bond donors (Lipinski definition) is 0. The molecule has 36 heavy (non-hydrogen) atoms. The fourth-order valence-corrected chi connectivity index (χ4v) is 4.38. The van der Waals surface area contributed by atoms with Crippen molar-refractivity contribution in [1.82, 2.24) is 4.90 Å². The maximum absolute atomic E-state index is 13.5. The standard InChI is InChI=1S/C28H25ClN2O5/c1-18-6-8-21(9-7-18)27(34)30(15-14-20-4-3-5-22(29)16-20)25-17-26(33)31(28(25)35)23-10-12-24(13-11-23)36-19(2)32/h3-13,16,25H,14-15,17H2,1-2H3. The Morgan fingerprint density at radius 1 is 1.03 bits per heavy atom. The van der Waals surface area contributed by atoms with E-state index in [0.29, 0.717) is 28.4 Å². The van der Waals surface area contributed by atoms with Crippen LogP contribution in [0, 0.1) is 6.92 Å². The summed E-state index contributed by atoms with van der Waals surface area (Å²) in [6.07, 6.45) is 0.338. The Balaban J connectivity index is 1.60. The van der Waals surface area contributed by atoms with Crippen molar-refractivity contribution in [1.29, 1.82) is 0 Å². The van der Waals surface area contributed by atoms with Gasteiger partial charge in [-0.1, -0.05) is 41.4 Å². The summed E-state index contributed by atoms with van der Waals surface area (Å²) < 4.78 is 5.03. The molecule has 1 atom stereocenters. The smallest absolute Gasteiger partial charge is 0.308 e. The van der Waals surface area contributed by atoms with Crippen molar-refractivity contribution in [3.05, 3.63) is 94.5 Å². The van der Waals surface area contributed by atoms with Crippen molar-refractivity contribution in [3.8, 4) is 5.75 Å². The van der Waals surface area contributed by atoms with Gasteiger partial charge in [0.05, 0.1) is 12.1 Å². The Kier molecular flexibility index (Phi) is 7.50. The number of aryl methyl sites for hydroxylation is 1. The minimum absolute atomic E-state index is 0.127. The van der Waals surface area contributed by atoms with E-state index in [1.54, 1.807) is 18.2 Å². The fraction of sp³-hybridized carbons (Fsp3) is 0.214. The summed E-state index contributed by atoms with van der Waals surface area (Å²) in [6, 6.07) is 19.6. The topological polar surface area (TPSA) is 84.0 Å². The Labute approximate surface area is 214 Å². The van der Waals surface area contributed by atoms with Crippen molar-refractivity contribution < 1.29 is 23.9 Å². The number of ether oxygens (including phenoxy) is 1. The monoisotopic (exact) mass is 504 g/mol. The average Bonchev–Trinajstić information content (AvgIpc) is 3.13. The van der Waals surface area contributed by atoms with Gasteiger partial charge >= 0.3 is 5.97 Å². The second-order valence-corrected chi connectivity index (χ2v) is 9.06. The number of rotatable bonds is 7. The van der Waals surface area contributed by atoms with Gasteiger partial charge < -0.3 is 9.64 Å². The molecule has 0 saturated carbocycles. The molecule has 4 rings (SSSR count). The van der Waals surface area contributed by atoms with Crippen molar-refractivity contribution in [2.24, 2.45) is 0 Å². The number of nitrogens with zero attached hydrogens (tertiary/aromatic N) is 2. The van der Waals surface area contributed by atoms with Crippen molar-refractivity contribution in [2.75, 3.05) is 11.4 Å². The number of carbonyl (C=O) groups excluding carboxylic acids is 4. The Morgan fingerprint density at radius 2 is 1.72 bits per heavy atom. The minimum atomic E-state index is -0.946. The third-order valence-corrected chi connectivity index (χ3v) is 6.18. The minimum Gasteiger partial charge on any atom is -0.427 e. The molecule has 1 heterocycles. The predicted molar refractivity (Wildman–Crippen MR) is 136 cm³/mol. The van der Waals surface area contributed by atoms with E-state index in [2.05, 4.69) is 0 Å². The van der Waals surface area contributed by atoms with Gasteiger partial charge in [0.15, 0.2) is 0 Å². The fourth-order valence-electron chi connectivity index (χ4n) is 4.16. The number of hydrogen-bond acceptors (Lipinski definition) is 5. The first-order valence-electron chi connectivity index (χ1n) is 11.5. The molecule has 1 aliphatic rings. The summed E-state index contributed by atoms with van der Waals surface area (Å²) in [5.74, 6) is -1.38. The van der Waals surface area contributed by atoms with Gasteiger partial charge in [-0.2, -0.15) is 0 Å². The van der Waals surface area contributed by atoms with Gasteiger partial charge in [0.25, 0.3) is 11.8 Å². The Hall–Kier alpha value is -3.97. The lowest BCUT2D eigenvalue weighted by atomic mass is 10.1. The van der Waals surface area contributed by atoms with E-state index < -0.39 is 23.8 Å². The summed E-state index contributed by atoms with van der Waals surface area (Å²) in [5.41, 5.74) is 2.71. The van der Waals surface area contributed by atoms with Crippen molar-refractivity contribution in [2.45, 2.75) is 32.7 Å². The molecule has 0 N–H and O–H groups in total. The van der Waals surface area contributed by atoms with Crippen LogP contribution >= 0.6 is 11.6 Å². The Bertz CT molecular complexity index is 1300. The van der Waals surface area contributed by atoms with Gasteiger partial charge in [-0.25, -0.2) is 4.90 Å². The van der Waals surface area contributed by atoms with Crippen LogP contribution in [0.25, 0.3) is 0 Å². The molecule has 0 aromatic heterocycles. The molecular formula is C28H25ClN2O5. The van der Waals surface area contributed by atoms with Crippen LogP contribution in [0.3, 0.4) is 0 Å². The highest BCUT2D eigenvalue weighted by Crippen LogP contribution is 2.28. The molecule has 3 aromatic carbocycles. The maximum atomic E-state index is 13.5. The zero-order valence-corrected chi connectivity index (χ0v) is 20.7. The van der Waals surface area contributed by atoms with Crippen LogP contribution in [0.1, 0.15) is 34.8 Å². The first kappa shape index (κ1) is 25.1. The van der Waals surface area contributed by atoms with Crippen LogP contribution in [-0.4, -0.2) is 41.2 Å². The maximum Gasteiger partial charge on any atom is 0.308 e. The lowest BCUT2D eigenvalue weighted by molar-refractivity contribution is -0.132. The van der Waals surface area contributed by atoms with Crippen molar-refractivity contribution in [3.63, 3.8) is 0 Å². The zero-order chi connectivity index (χ0) is 25.8. The number of halogens is 1. The number of carbonyl (C=O) groups is 4. The van der Waals surface area contributed by atoms with E-state index in [-0.39, 0.29) is 18.9 Å². The van der Waals surface area contributed by atoms with E-state index in [1.165, 1.54) is 36.1 Å². The number of esters is 1. The molecule has 3 aromatic rings. The van der Waals surface area contributed by atoms with Gasteiger partial charge in [0, 0.05) is 24.1 Å². The highest BCUT2D eigenvalue weighted by atomic mass is 35.5. The van der Waals surface area contributed by atoms with E-state index >= 15 is 0 Å². The first-order valence-corrected chi connectivity index (χ1v) is 11.9. The van der Waals surface area contributed by atoms with E-state index in [9.17, 15) is 19.2 Å². The van der Waals surface area contributed by atoms with Crippen LogP contribution in [0.2, 0.25) is 5.02 Å². The lowest BCUT2D eigenvalue weighted by Gasteiger charge is -2.28. The molecule has 184 valence electrons. The van der Waals surface area contributed by atoms with E-state index in [1.807, 2.05) is 37.3 Å². The highest BCUT2D eigenvalue weighted by Gasteiger charge is 2.44. The Morgan fingerprint density at radius 3 is 2.36 bits per heavy atom. The van der Waals surface area contributed by atoms with Gasteiger partial charge in [0.2, 0.25) is 5.91 Å². The molecule has 0 bridgehead atoms. The number of benzene rings is 3. The van der Waals surface area contributed by atoms with Crippen LogP contribution in [-0.2, 0) is 20.8 Å². The normalized spacial score (nSPS) is 15.2. The molecule has 1 unspecified atom stereocenters. The molecule has 0 spiro atoms. The molecule has 0 radical (unpaired) electrons. The van der Waals surface area contributed by atoms with E-state index in [0.717, 1.165) is 16.0 Å². The van der Waals surface area contributed by atoms with Crippen LogP contribution in [0.4, 0.5) is 5.69 Å². The number of anilines is 1. The molecule has 1 saturated heterocycles. The molecule has 8 heteroatoms. The second-order valence-electron chi connectivity index (χ2n) is 8.62. The van der Waals surface area contributed by atoms with Crippen LogP contribution in [0.15, 0.2) is 72.8 Å². The summed E-state index contributed by atoms with van der Waals surface area (Å²) in [7, 11) is 0. The SMILES string of the molecule is CC(=O)Oc1ccc(N2C(=O)CC(N(CCc3cccc(Cl)c3)C(=O)c3ccc(C)cc3)C2=O)cc1. The lowest BCUT2D eigenvalue weighted by Crippen LogP contribution is -2.46. The third kappa shape index (κ3) is 5.63. The summed E-state index contributed by atoms with van der Waals surface area (Å²) in [5, 5.41) is 0.583. The zero-order valence-electron chi connectivity index (χ0n) is 19.9. The molecular weight excluding hydrogens is 480 g/mol. The van der Waals surface area contributed by atoms with Crippen LogP contribution < -0.4 is 9.64 Å². The summed E-state index contributed by atoms with van der Waals surface area (Å²) >= 11 is 6.12. The largest absolute Gasteiger partial charge is 0.427 e. The molecule has 0 aliphatic carbocycles. The predicted octanol–water partition coefficient (Wildman–Crippen LogP) is 4.59. The second kappa shape index (κ2) is 10.7. The summed E-state index contributed by atoms with van der Waals surface area (Å²) in [4.78, 5) is 53.7. The van der Waals surface area contributed by atoms with Crippen molar-refractivity contribution >= 4 is 41.0 Å². The molecule has 7 nitrogen and oxygen atoms in total.